The van der Waals surface area contributed by atoms with Crippen molar-refractivity contribution < 1.29 is 0 Å². The Morgan fingerprint density at radius 1 is 1.57 bits per heavy atom. The van der Waals surface area contributed by atoms with Crippen molar-refractivity contribution in [3.05, 3.63) is 28.5 Å². The lowest BCUT2D eigenvalue weighted by molar-refractivity contribution is 0.529. The van der Waals surface area contributed by atoms with Crippen molar-refractivity contribution in [2.75, 3.05) is 12.3 Å². The van der Waals surface area contributed by atoms with Crippen LogP contribution in [0.5, 0.6) is 0 Å². The zero-order chi connectivity index (χ0) is 9.97. The molecule has 0 spiro atoms. The summed E-state index contributed by atoms with van der Waals surface area (Å²) in [6.07, 6.45) is 3.75. The van der Waals surface area contributed by atoms with Gasteiger partial charge in [-0.3, -0.25) is 4.98 Å². The predicted octanol–water partition coefficient (Wildman–Crippen LogP) is 2.82. The topological polar surface area (TPSA) is 24.9 Å². The fourth-order valence-corrected chi connectivity index (χ4v) is 3.03. The van der Waals surface area contributed by atoms with E-state index in [1.807, 2.05) is 24.2 Å². The Hall–Kier alpha value is -0.0600. The third-order valence-electron chi connectivity index (χ3n) is 2.23. The van der Waals surface area contributed by atoms with Crippen LogP contribution >= 0.6 is 27.7 Å². The first-order valence-electron chi connectivity index (χ1n) is 4.71. The maximum atomic E-state index is 4.18. The number of halogens is 1. The molecule has 1 aliphatic heterocycles. The van der Waals surface area contributed by atoms with Crippen LogP contribution in [0.4, 0.5) is 0 Å². The number of nitrogens with one attached hydrogen (secondary N) is 1. The molecule has 0 saturated carbocycles. The first-order valence-corrected chi connectivity index (χ1v) is 6.55. The van der Waals surface area contributed by atoms with Crippen molar-refractivity contribution in [1.29, 1.82) is 0 Å². The van der Waals surface area contributed by atoms with E-state index < -0.39 is 0 Å². The number of pyridine rings is 1. The molecule has 1 N–H and O–H groups in total. The largest absolute Gasteiger partial charge is 0.301 e. The van der Waals surface area contributed by atoms with Crippen LogP contribution in [0, 0.1) is 5.92 Å². The van der Waals surface area contributed by atoms with E-state index in [0.717, 1.165) is 16.9 Å². The summed E-state index contributed by atoms with van der Waals surface area (Å²) in [5.74, 6) is 2.00. The second kappa shape index (κ2) is 4.64. The quantitative estimate of drug-likeness (QED) is 0.851. The number of aromatic nitrogens is 1. The molecule has 2 unspecified atom stereocenters. The van der Waals surface area contributed by atoms with E-state index in [4.69, 9.17) is 0 Å². The minimum absolute atomic E-state index is 0.413. The van der Waals surface area contributed by atoms with Crippen molar-refractivity contribution in [1.82, 2.24) is 10.3 Å². The van der Waals surface area contributed by atoms with E-state index in [2.05, 4.69) is 39.2 Å². The van der Waals surface area contributed by atoms with Crippen molar-refractivity contribution in [2.45, 2.75) is 12.3 Å². The van der Waals surface area contributed by atoms with Crippen LogP contribution in [0.25, 0.3) is 0 Å². The lowest BCUT2D eigenvalue weighted by Gasteiger charge is -2.27. The molecule has 1 aromatic rings. The minimum Gasteiger partial charge on any atom is -0.301 e. The standard InChI is InChI=1S/C10H13BrN2S/c1-7-3-13-10(14-6-7)8-2-9(11)5-12-4-8/h2,4-5,7,10,13H,3,6H2,1H3. The third kappa shape index (κ3) is 2.49. The van der Waals surface area contributed by atoms with E-state index >= 15 is 0 Å². The number of rotatable bonds is 1. The van der Waals surface area contributed by atoms with Gasteiger partial charge in [0, 0.05) is 16.9 Å². The maximum absolute atomic E-state index is 4.18. The van der Waals surface area contributed by atoms with Gasteiger partial charge in [0.2, 0.25) is 0 Å². The molecular weight excluding hydrogens is 260 g/mol. The zero-order valence-corrected chi connectivity index (χ0v) is 10.4. The molecule has 2 rings (SSSR count). The van der Waals surface area contributed by atoms with Crippen LogP contribution in [-0.4, -0.2) is 17.3 Å². The van der Waals surface area contributed by atoms with Gasteiger partial charge >= 0.3 is 0 Å². The Morgan fingerprint density at radius 3 is 3.07 bits per heavy atom. The van der Waals surface area contributed by atoms with Gasteiger partial charge in [0.1, 0.15) is 0 Å². The molecule has 0 aromatic carbocycles. The van der Waals surface area contributed by atoms with Gasteiger partial charge in [0.05, 0.1) is 5.37 Å². The molecule has 2 heterocycles. The van der Waals surface area contributed by atoms with Crippen molar-refractivity contribution >= 4 is 27.7 Å². The number of hydrogen-bond acceptors (Lipinski definition) is 3. The monoisotopic (exact) mass is 272 g/mol. The van der Waals surface area contributed by atoms with Crippen molar-refractivity contribution in [3.63, 3.8) is 0 Å². The van der Waals surface area contributed by atoms with Crippen LogP contribution in [0.2, 0.25) is 0 Å². The molecule has 1 aromatic heterocycles. The highest BCUT2D eigenvalue weighted by molar-refractivity contribution is 9.10. The molecule has 14 heavy (non-hydrogen) atoms. The smallest absolute Gasteiger partial charge is 0.0804 e. The normalized spacial score (nSPS) is 27.6. The van der Waals surface area contributed by atoms with Gasteiger partial charge in [-0.05, 0) is 45.8 Å². The minimum atomic E-state index is 0.413. The fraction of sp³-hybridized carbons (Fsp3) is 0.500. The van der Waals surface area contributed by atoms with Gasteiger partial charge in [0.15, 0.2) is 0 Å². The number of hydrogen-bond donors (Lipinski definition) is 1. The lowest BCUT2D eigenvalue weighted by Crippen LogP contribution is -2.31. The van der Waals surface area contributed by atoms with Gasteiger partial charge in [-0.2, -0.15) is 0 Å². The van der Waals surface area contributed by atoms with E-state index in [0.29, 0.717) is 5.37 Å². The van der Waals surface area contributed by atoms with E-state index in [9.17, 15) is 0 Å². The van der Waals surface area contributed by atoms with Crippen LogP contribution in [-0.2, 0) is 0 Å². The first-order chi connectivity index (χ1) is 6.75. The summed E-state index contributed by atoms with van der Waals surface area (Å²) in [6, 6.07) is 2.13. The molecule has 2 nitrogen and oxygen atoms in total. The van der Waals surface area contributed by atoms with Crippen molar-refractivity contribution in [2.24, 2.45) is 5.92 Å². The average molecular weight is 273 g/mol. The lowest BCUT2D eigenvalue weighted by atomic mass is 10.2. The van der Waals surface area contributed by atoms with Gasteiger partial charge in [0.25, 0.3) is 0 Å². The third-order valence-corrected chi connectivity index (χ3v) is 4.20. The van der Waals surface area contributed by atoms with E-state index in [-0.39, 0.29) is 0 Å². The molecule has 0 bridgehead atoms. The van der Waals surface area contributed by atoms with Gasteiger partial charge in [-0.15, -0.1) is 11.8 Å². The SMILES string of the molecule is CC1CNC(c2cncc(Br)c2)SC1. The van der Waals surface area contributed by atoms with E-state index in [1.54, 1.807) is 0 Å². The summed E-state index contributed by atoms with van der Waals surface area (Å²) < 4.78 is 1.05. The second-order valence-corrected chi connectivity index (χ2v) is 5.72. The Balaban J connectivity index is 2.08. The summed E-state index contributed by atoms with van der Waals surface area (Å²) in [5.41, 5.74) is 1.26. The maximum Gasteiger partial charge on any atom is 0.0804 e. The summed E-state index contributed by atoms with van der Waals surface area (Å²) >= 11 is 5.40. The zero-order valence-electron chi connectivity index (χ0n) is 8.03. The molecule has 0 amide bonds. The predicted molar refractivity (Wildman–Crippen MR) is 64.3 cm³/mol. The summed E-state index contributed by atoms with van der Waals surface area (Å²) in [7, 11) is 0. The van der Waals surface area contributed by atoms with Crippen molar-refractivity contribution in [3.8, 4) is 0 Å². The van der Waals surface area contributed by atoms with Crippen LogP contribution in [0.3, 0.4) is 0 Å². The Bertz CT molecular complexity index is 311. The molecule has 1 fully saturated rings. The second-order valence-electron chi connectivity index (χ2n) is 3.66. The number of thioether (sulfide) groups is 1. The number of nitrogens with zero attached hydrogens (tertiary/aromatic N) is 1. The molecule has 1 saturated heterocycles. The molecule has 0 aliphatic carbocycles. The van der Waals surface area contributed by atoms with Gasteiger partial charge in [-0.25, -0.2) is 0 Å². The fourth-order valence-electron chi connectivity index (χ4n) is 1.47. The molecule has 1 aliphatic rings. The summed E-state index contributed by atoms with van der Waals surface area (Å²) in [5, 5.41) is 3.93. The highest BCUT2D eigenvalue weighted by atomic mass is 79.9. The molecular formula is C10H13BrN2S. The molecule has 0 radical (unpaired) electrons. The molecule has 2 atom stereocenters. The van der Waals surface area contributed by atoms with Gasteiger partial charge < -0.3 is 5.32 Å². The first kappa shape index (κ1) is 10.5. The highest BCUT2D eigenvalue weighted by Gasteiger charge is 2.19. The molecule has 76 valence electrons. The Kier molecular flexibility index (Phi) is 3.47. The summed E-state index contributed by atoms with van der Waals surface area (Å²) in [4.78, 5) is 4.18. The highest BCUT2D eigenvalue weighted by Crippen LogP contribution is 2.31. The average Bonchev–Trinajstić information content (AvgIpc) is 2.19. The van der Waals surface area contributed by atoms with Crippen LogP contribution < -0.4 is 5.32 Å². The van der Waals surface area contributed by atoms with Crippen LogP contribution in [0.15, 0.2) is 22.9 Å². The Morgan fingerprint density at radius 2 is 2.43 bits per heavy atom. The summed E-state index contributed by atoms with van der Waals surface area (Å²) in [6.45, 7) is 3.37. The Labute approximate surface area is 97.0 Å². The van der Waals surface area contributed by atoms with Gasteiger partial charge in [-0.1, -0.05) is 6.92 Å². The van der Waals surface area contributed by atoms with Crippen LogP contribution in [0.1, 0.15) is 17.9 Å². The van der Waals surface area contributed by atoms with E-state index in [1.165, 1.54) is 11.3 Å². The molecule has 4 heteroatoms.